The van der Waals surface area contributed by atoms with Crippen LogP contribution in [0.2, 0.25) is 5.02 Å². The van der Waals surface area contributed by atoms with Crippen LogP contribution in [0, 0.1) is 6.92 Å². The molecule has 150 valence electrons. The Labute approximate surface area is 177 Å². The molecule has 0 unspecified atom stereocenters. The molecule has 3 aromatic rings. The van der Waals surface area contributed by atoms with Gasteiger partial charge < -0.3 is 9.64 Å². The number of halogens is 1. The molecule has 0 atom stereocenters. The number of aryl methyl sites for hydroxylation is 1. The second-order valence-electron chi connectivity index (χ2n) is 7.08. The van der Waals surface area contributed by atoms with Crippen molar-refractivity contribution < 1.29 is 9.53 Å². The fraction of sp³-hybridized carbons (Fsp3) is 0.240. The second-order valence-corrected chi connectivity index (χ2v) is 7.52. The standard InChI is InChI=1S/C25H26ClNO2/c1-20-17-23(26)14-15-24(20)29-16-8-13-25(28)27(18-21-9-4-2-5-10-21)19-22-11-6-3-7-12-22/h2-7,9-12,14-15,17H,8,13,16,18-19H2,1H3. The lowest BCUT2D eigenvalue weighted by Gasteiger charge is -2.23. The van der Waals surface area contributed by atoms with Crippen LogP contribution in [-0.4, -0.2) is 17.4 Å². The Balaban J connectivity index is 1.56. The van der Waals surface area contributed by atoms with E-state index in [2.05, 4.69) is 24.3 Å². The van der Waals surface area contributed by atoms with Gasteiger partial charge >= 0.3 is 0 Å². The summed E-state index contributed by atoms with van der Waals surface area (Å²) in [5, 5.41) is 0.697. The molecule has 0 aliphatic carbocycles. The molecule has 29 heavy (non-hydrogen) atoms. The molecular weight excluding hydrogens is 382 g/mol. The van der Waals surface area contributed by atoms with Crippen LogP contribution in [-0.2, 0) is 17.9 Å². The fourth-order valence-electron chi connectivity index (χ4n) is 3.18. The Kier molecular flexibility index (Phi) is 7.71. The van der Waals surface area contributed by atoms with Crippen LogP contribution in [0.15, 0.2) is 78.9 Å². The fourth-order valence-corrected chi connectivity index (χ4v) is 3.40. The van der Waals surface area contributed by atoms with Gasteiger partial charge in [0, 0.05) is 24.5 Å². The highest BCUT2D eigenvalue weighted by Crippen LogP contribution is 2.22. The van der Waals surface area contributed by atoms with Crippen molar-refractivity contribution in [2.75, 3.05) is 6.61 Å². The van der Waals surface area contributed by atoms with E-state index in [0.29, 0.717) is 37.6 Å². The Morgan fingerprint density at radius 2 is 1.48 bits per heavy atom. The first-order valence-corrected chi connectivity index (χ1v) is 10.2. The number of carbonyl (C=O) groups is 1. The van der Waals surface area contributed by atoms with Gasteiger partial charge in [-0.2, -0.15) is 0 Å². The summed E-state index contributed by atoms with van der Waals surface area (Å²) < 4.78 is 5.83. The molecule has 3 aromatic carbocycles. The van der Waals surface area contributed by atoms with Crippen molar-refractivity contribution in [2.24, 2.45) is 0 Å². The maximum Gasteiger partial charge on any atom is 0.223 e. The molecule has 0 aliphatic heterocycles. The third-order valence-electron chi connectivity index (χ3n) is 4.71. The Morgan fingerprint density at radius 1 is 0.897 bits per heavy atom. The Morgan fingerprint density at radius 3 is 2.03 bits per heavy atom. The van der Waals surface area contributed by atoms with Gasteiger partial charge in [-0.05, 0) is 48.2 Å². The highest BCUT2D eigenvalue weighted by Gasteiger charge is 2.14. The van der Waals surface area contributed by atoms with Crippen molar-refractivity contribution in [3.63, 3.8) is 0 Å². The van der Waals surface area contributed by atoms with Gasteiger partial charge in [0.25, 0.3) is 0 Å². The summed E-state index contributed by atoms with van der Waals surface area (Å²) in [6, 6.07) is 25.8. The van der Waals surface area contributed by atoms with Crippen molar-refractivity contribution in [1.82, 2.24) is 4.90 Å². The van der Waals surface area contributed by atoms with Crippen molar-refractivity contribution in [2.45, 2.75) is 32.9 Å². The smallest absolute Gasteiger partial charge is 0.223 e. The van der Waals surface area contributed by atoms with Crippen molar-refractivity contribution in [1.29, 1.82) is 0 Å². The summed E-state index contributed by atoms with van der Waals surface area (Å²) >= 11 is 5.98. The van der Waals surface area contributed by atoms with Crippen LogP contribution < -0.4 is 4.74 Å². The van der Waals surface area contributed by atoms with E-state index in [1.54, 1.807) is 0 Å². The van der Waals surface area contributed by atoms with Crippen LogP contribution in [0.3, 0.4) is 0 Å². The quantitative estimate of drug-likeness (QED) is 0.405. The van der Waals surface area contributed by atoms with E-state index in [4.69, 9.17) is 16.3 Å². The molecule has 0 fully saturated rings. The van der Waals surface area contributed by atoms with Gasteiger partial charge in [0.1, 0.15) is 5.75 Å². The minimum atomic E-state index is 0.133. The minimum Gasteiger partial charge on any atom is -0.493 e. The Bertz CT molecular complexity index is 871. The molecule has 0 bridgehead atoms. The summed E-state index contributed by atoms with van der Waals surface area (Å²) in [6.07, 6.45) is 1.12. The normalized spacial score (nSPS) is 10.6. The van der Waals surface area contributed by atoms with Crippen molar-refractivity contribution in [3.8, 4) is 5.75 Å². The molecular formula is C25H26ClNO2. The van der Waals surface area contributed by atoms with Gasteiger partial charge in [0.05, 0.1) is 6.61 Å². The lowest BCUT2D eigenvalue weighted by molar-refractivity contribution is -0.132. The summed E-state index contributed by atoms with van der Waals surface area (Å²) in [4.78, 5) is 14.8. The maximum absolute atomic E-state index is 12.9. The lowest BCUT2D eigenvalue weighted by Crippen LogP contribution is -2.30. The zero-order valence-corrected chi connectivity index (χ0v) is 17.4. The molecule has 0 saturated carbocycles. The molecule has 0 aromatic heterocycles. The molecule has 1 amide bonds. The molecule has 0 N–H and O–H groups in total. The number of amides is 1. The minimum absolute atomic E-state index is 0.133. The number of ether oxygens (including phenoxy) is 1. The number of hydrogen-bond donors (Lipinski definition) is 0. The molecule has 3 nitrogen and oxygen atoms in total. The van der Waals surface area contributed by atoms with Crippen molar-refractivity contribution >= 4 is 17.5 Å². The van der Waals surface area contributed by atoms with E-state index in [0.717, 1.165) is 22.4 Å². The first kappa shape index (κ1) is 20.9. The molecule has 0 spiro atoms. The molecule has 0 aliphatic rings. The van der Waals surface area contributed by atoms with E-state index in [1.807, 2.05) is 66.4 Å². The number of carbonyl (C=O) groups excluding carboxylic acids is 1. The van der Waals surface area contributed by atoms with Crippen LogP contribution >= 0.6 is 11.6 Å². The highest BCUT2D eigenvalue weighted by atomic mass is 35.5. The summed E-state index contributed by atoms with van der Waals surface area (Å²) in [6.45, 7) is 3.67. The summed E-state index contributed by atoms with van der Waals surface area (Å²) in [5.41, 5.74) is 3.26. The van der Waals surface area contributed by atoms with E-state index < -0.39 is 0 Å². The summed E-state index contributed by atoms with van der Waals surface area (Å²) in [7, 11) is 0. The second kappa shape index (κ2) is 10.7. The lowest BCUT2D eigenvalue weighted by atomic mass is 10.1. The predicted molar refractivity (Wildman–Crippen MR) is 118 cm³/mol. The third kappa shape index (κ3) is 6.65. The third-order valence-corrected chi connectivity index (χ3v) is 4.95. The highest BCUT2D eigenvalue weighted by molar-refractivity contribution is 6.30. The molecule has 4 heteroatoms. The van der Waals surface area contributed by atoms with Gasteiger partial charge in [-0.25, -0.2) is 0 Å². The van der Waals surface area contributed by atoms with Gasteiger partial charge in [-0.3, -0.25) is 4.79 Å². The zero-order chi connectivity index (χ0) is 20.5. The zero-order valence-electron chi connectivity index (χ0n) is 16.7. The van der Waals surface area contributed by atoms with Crippen molar-refractivity contribution in [3.05, 3.63) is 101 Å². The van der Waals surface area contributed by atoms with E-state index >= 15 is 0 Å². The first-order valence-electron chi connectivity index (χ1n) is 9.86. The largest absolute Gasteiger partial charge is 0.493 e. The van der Waals surface area contributed by atoms with E-state index in [9.17, 15) is 4.79 Å². The summed E-state index contributed by atoms with van der Waals surface area (Å²) in [5.74, 6) is 0.946. The van der Waals surface area contributed by atoms with E-state index in [1.165, 1.54) is 0 Å². The average Bonchev–Trinajstić information content (AvgIpc) is 2.73. The van der Waals surface area contributed by atoms with Gasteiger partial charge in [-0.15, -0.1) is 0 Å². The maximum atomic E-state index is 12.9. The topological polar surface area (TPSA) is 29.5 Å². The van der Waals surface area contributed by atoms with Crippen LogP contribution in [0.5, 0.6) is 5.75 Å². The number of rotatable bonds is 9. The van der Waals surface area contributed by atoms with Gasteiger partial charge in [0.2, 0.25) is 5.91 Å². The Hall–Kier alpha value is -2.78. The number of benzene rings is 3. The molecule has 0 saturated heterocycles. The molecule has 0 heterocycles. The van der Waals surface area contributed by atoms with E-state index in [-0.39, 0.29) is 5.91 Å². The van der Waals surface area contributed by atoms with Gasteiger partial charge in [0.15, 0.2) is 0 Å². The SMILES string of the molecule is Cc1cc(Cl)ccc1OCCCC(=O)N(Cc1ccccc1)Cc1ccccc1. The van der Waals surface area contributed by atoms with Crippen LogP contribution in [0.1, 0.15) is 29.5 Å². The predicted octanol–water partition coefficient (Wildman–Crippen LogP) is 6.04. The first-order chi connectivity index (χ1) is 14.1. The molecule has 3 rings (SSSR count). The van der Waals surface area contributed by atoms with Crippen LogP contribution in [0.4, 0.5) is 0 Å². The molecule has 0 radical (unpaired) electrons. The number of hydrogen-bond acceptors (Lipinski definition) is 2. The monoisotopic (exact) mass is 407 g/mol. The van der Waals surface area contributed by atoms with Crippen LogP contribution in [0.25, 0.3) is 0 Å². The average molecular weight is 408 g/mol. The number of nitrogens with zero attached hydrogens (tertiary/aromatic N) is 1. The van der Waals surface area contributed by atoms with Gasteiger partial charge in [-0.1, -0.05) is 72.3 Å².